The van der Waals surface area contributed by atoms with E-state index in [2.05, 4.69) is 5.32 Å². The number of hydrogen-bond acceptors (Lipinski definition) is 6. The summed E-state index contributed by atoms with van der Waals surface area (Å²) in [5.41, 5.74) is 0.784. The number of halogens is 1. The molecule has 0 atom stereocenters. The number of imide groups is 1. The molecule has 1 N–H and O–H groups in total. The minimum Gasteiger partial charge on any atom is -0.497 e. The van der Waals surface area contributed by atoms with E-state index < -0.39 is 0 Å². The Hall–Kier alpha value is -2.97. The molecule has 30 heavy (non-hydrogen) atoms. The Kier molecular flexibility index (Phi) is 7.37. The van der Waals surface area contributed by atoms with Gasteiger partial charge in [-0.15, -0.1) is 0 Å². The number of nitrogens with zero attached hydrogens (tertiary/aromatic N) is 1. The third-order valence-corrected chi connectivity index (χ3v) is 5.36. The first kappa shape index (κ1) is 21.7. The van der Waals surface area contributed by atoms with Gasteiger partial charge in [0.2, 0.25) is 0 Å². The quantitative estimate of drug-likeness (QED) is 0.624. The molecule has 1 aliphatic rings. The van der Waals surface area contributed by atoms with Crippen LogP contribution in [-0.4, -0.2) is 48.8 Å². The Morgan fingerprint density at radius 2 is 1.90 bits per heavy atom. The number of methoxy groups -OCH3 is 1. The monoisotopic (exact) mass is 446 g/mol. The molecule has 3 amide bonds. The zero-order valence-electron chi connectivity index (χ0n) is 16.1. The molecule has 0 saturated carbocycles. The molecule has 1 aliphatic heterocycles. The molecule has 2 aromatic carbocycles. The summed E-state index contributed by atoms with van der Waals surface area (Å²) in [5.74, 6) is 0.344. The second-order valence-corrected chi connectivity index (χ2v) is 7.58. The van der Waals surface area contributed by atoms with Gasteiger partial charge in [0.15, 0.2) is 6.61 Å². The summed E-state index contributed by atoms with van der Waals surface area (Å²) in [4.78, 5) is 38.0. The summed E-state index contributed by atoms with van der Waals surface area (Å²) in [6.45, 7) is -0.0238. The van der Waals surface area contributed by atoms with Crippen LogP contribution in [-0.2, 0) is 9.59 Å². The number of benzene rings is 2. The number of carbonyl (C=O) groups is 3. The van der Waals surface area contributed by atoms with E-state index >= 15 is 0 Å². The van der Waals surface area contributed by atoms with E-state index in [1.807, 2.05) is 0 Å². The number of hydrogen-bond donors (Lipinski definition) is 1. The van der Waals surface area contributed by atoms with Crippen LogP contribution in [0.3, 0.4) is 0 Å². The van der Waals surface area contributed by atoms with E-state index in [4.69, 9.17) is 21.1 Å². The number of thioether (sulfide) groups is 1. The minimum atomic E-state index is -0.387. The van der Waals surface area contributed by atoms with E-state index in [1.54, 1.807) is 61.7 Å². The lowest BCUT2D eigenvalue weighted by molar-refractivity contribution is -0.125. The molecule has 7 nitrogen and oxygen atoms in total. The number of ether oxygens (including phenoxy) is 2. The van der Waals surface area contributed by atoms with Crippen LogP contribution in [0, 0.1) is 0 Å². The van der Waals surface area contributed by atoms with Crippen LogP contribution in [0.25, 0.3) is 6.08 Å². The highest BCUT2D eigenvalue weighted by molar-refractivity contribution is 8.18. The van der Waals surface area contributed by atoms with Gasteiger partial charge < -0.3 is 14.8 Å². The van der Waals surface area contributed by atoms with Gasteiger partial charge in [-0.25, -0.2) is 0 Å². The van der Waals surface area contributed by atoms with Crippen molar-refractivity contribution in [2.45, 2.75) is 0 Å². The molecule has 0 aromatic heterocycles. The van der Waals surface area contributed by atoms with E-state index in [0.29, 0.717) is 21.4 Å². The average molecular weight is 447 g/mol. The fraction of sp³-hybridized carbons (Fsp3) is 0.190. The second-order valence-electron chi connectivity index (χ2n) is 6.18. The van der Waals surface area contributed by atoms with Crippen molar-refractivity contribution in [3.63, 3.8) is 0 Å². The first-order valence-electron chi connectivity index (χ1n) is 9.01. The van der Waals surface area contributed by atoms with Gasteiger partial charge in [0.25, 0.3) is 17.1 Å². The summed E-state index contributed by atoms with van der Waals surface area (Å²) >= 11 is 6.83. The maximum atomic E-state index is 12.5. The van der Waals surface area contributed by atoms with Crippen LogP contribution in [0.1, 0.15) is 5.56 Å². The van der Waals surface area contributed by atoms with Gasteiger partial charge in [0, 0.05) is 13.1 Å². The molecule has 1 fully saturated rings. The van der Waals surface area contributed by atoms with Gasteiger partial charge in [0.05, 0.1) is 17.0 Å². The van der Waals surface area contributed by atoms with E-state index in [9.17, 15) is 14.4 Å². The molecular formula is C21H19ClN2O5S. The number of rotatable bonds is 8. The molecule has 156 valence electrons. The van der Waals surface area contributed by atoms with Crippen LogP contribution >= 0.6 is 23.4 Å². The third kappa shape index (κ3) is 5.55. The molecule has 3 rings (SSSR count). The molecule has 0 spiro atoms. The number of amides is 3. The molecule has 2 aromatic rings. The van der Waals surface area contributed by atoms with Crippen LogP contribution in [0.15, 0.2) is 53.4 Å². The molecule has 9 heteroatoms. The fourth-order valence-electron chi connectivity index (χ4n) is 2.61. The number of carbonyl (C=O) groups excluding carboxylic acids is 3. The zero-order valence-corrected chi connectivity index (χ0v) is 17.7. The van der Waals surface area contributed by atoms with Crippen molar-refractivity contribution < 1.29 is 23.9 Å². The van der Waals surface area contributed by atoms with Gasteiger partial charge in [-0.2, -0.15) is 0 Å². The maximum absolute atomic E-state index is 12.5. The molecule has 1 saturated heterocycles. The number of nitrogens with one attached hydrogen (secondary N) is 1. The second kappa shape index (κ2) is 10.2. The Labute approximate surface area is 183 Å². The fourth-order valence-corrected chi connectivity index (χ4v) is 3.66. The van der Waals surface area contributed by atoms with Crippen LogP contribution in [0.4, 0.5) is 4.79 Å². The lowest BCUT2D eigenvalue weighted by Gasteiger charge is -2.13. The van der Waals surface area contributed by atoms with Crippen LogP contribution < -0.4 is 14.8 Å². The Morgan fingerprint density at radius 1 is 1.17 bits per heavy atom. The van der Waals surface area contributed by atoms with Crippen LogP contribution in [0.5, 0.6) is 11.5 Å². The summed E-state index contributed by atoms with van der Waals surface area (Å²) < 4.78 is 10.5. The predicted molar refractivity (Wildman–Crippen MR) is 116 cm³/mol. The minimum absolute atomic E-state index is 0.0719. The SMILES string of the molecule is COc1ccc(C=C2SC(=O)N(CCNC(=O)COc3ccccc3Cl)C2=O)cc1. The summed E-state index contributed by atoms with van der Waals surface area (Å²) in [7, 11) is 1.57. The lowest BCUT2D eigenvalue weighted by atomic mass is 10.2. The Balaban J connectivity index is 1.48. The maximum Gasteiger partial charge on any atom is 0.293 e. The predicted octanol–water partition coefficient (Wildman–Crippen LogP) is 3.58. The standard InChI is InChI=1S/C21H19ClN2O5S/c1-28-15-8-6-14(7-9-15)12-18-20(26)24(21(27)30-18)11-10-23-19(25)13-29-17-5-3-2-4-16(17)22/h2-9,12H,10-11,13H2,1H3,(H,23,25). The van der Waals surface area contributed by atoms with Gasteiger partial charge in [-0.05, 0) is 47.7 Å². The topological polar surface area (TPSA) is 84.9 Å². The lowest BCUT2D eigenvalue weighted by Crippen LogP contribution is -2.38. The Morgan fingerprint density at radius 3 is 2.60 bits per heavy atom. The molecule has 1 heterocycles. The molecule has 0 unspecified atom stereocenters. The molecule has 0 aliphatic carbocycles. The van der Waals surface area contributed by atoms with Gasteiger partial charge in [-0.3, -0.25) is 19.3 Å². The smallest absolute Gasteiger partial charge is 0.293 e. The van der Waals surface area contributed by atoms with E-state index in [-0.39, 0.29) is 36.7 Å². The first-order chi connectivity index (χ1) is 14.5. The highest BCUT2D eigenvalue weighted by atomic mass is 35.5. The summed E-state index contributed by atoms with van der Waals surface area (Å²) in [6, 6.07) is 14.0. The van der Waals surface area contributed by atoms with Gasteiger partial charge in [0.1, 0.15) is 11.5 Å². The molecule has 0 bridgehead atoms. The largest absolute Gasteiger partial charge is 0.497 e. The average Bonchev–Trinajstić information content (AvgIpc) is 3.01. The van der Waals surface area contributed by atoms with Crippen molar-refractivity contribution in [2.24, 2.45) is 0 Å². The zero-order chi connectivity index (χ0) is 21.5. The van der Waals surface area contributed by atoms with Crippen LogP contribution in [0.2, 0.25) is 5.02 Å². The van der Waals surface area contributed by atoms with Crippen molar-refractivity contribution in [3.8, 4) is 11.5 Å². The highest BCUT2D eigenvalue weighted by Crippen LogP contribution is 2.32. The van der Waals surface area contributed by atoms with Crippen molar-refractivity contribution in [1.29, 1.82) is 0 Å². The normalized spacial score (nSPS) is 14.9. The van der Waals surface area contributed by atoms with Crippen molar-refractivity contribution >= 4 is 46.5 Å². The van der Waals surface area contributed by atoms with Crippen molar-refractivity contribution in [1.82, 2.24) is 10.2 Å². The summed E-state index contributed by atoms with van der Waals surface area (Å²) in [6.07, 6.45) is 1.65. The van der Waals surface area contributed by atoms with E-state index in [0.717, 1.165) is 22.2 Å². The van der Waals surface area contributed by atoms with Crippen molar-refractivity contribution in [2.75, 3.05) is 26.8 Å². The highest BCUT2D eigenvalue weighted by Gasteiger charge is 2.34. The third-order valence-electron chi connectivity index (χ3n) is 4.14. The Bertz CT molecular complexity index is 978. The summed E-state index contributed by atoms with van der Waals surface area (Å²) in [5, 5.41) is 2.66. The molecule has 0 radical (unpaired) electrons. The van der Waals surface area contributed by atoms with Gasteiger partial charge in [-0.1, -0.05) is 35.9 Å². The first-order valence-corrected chi connectivity index (χ1v) is 10.2. The van der Waals surface area contributed by atoms with Gasteiger partial charge >= 0.3 is 0 Å². The van der Waals surface area contributed by atoms with Crippen molar-refractivity contribution in [3.05, 3.63) is 64.0 Å². The number of para-hydroxylation sites is 1. The molecular weight excluding hydrogens is 428 g/mol. The van der Waals surface area contributed by atoms with E-state index in [1.165, 1.54) is 0 Å².